The highest BCUT2D eigenvalue weighted by molar-refractivity contribution is 6.14. The van der Waals surface area contributed by atoms with Crippen molar-refractivity contribution in [3.8, 4) is 11.5 Å². The van der Waals surface area contributed by atoms with Crippen molar-refractivity contribution in [1.82, 2.24) is 0 Å². The number of aliphatic hydroxyl groups excluding tert-OH is 1. The van der Waals surface area contributed by atoms with E-state index in [1.54, 1.807) is 0 Å². The molecule has 0 unspecified atom stereocenters. The van der Waals surface area contributed by atoms with E-state index in [9.17, 15) is 34.5 Å². The number of benzene rings is 1. The van der Waals surface area contributed by atoms with Gasteiger partial charge in [0.2, 0.25) is 5.78 Å². The van der Waals surface area contributed by atoms with Crippen molar-refractivity contribution in [2.45, 2.75) is 64.7 Å². The molecule has 4 aliphatic rings. The lowest BCUT2D eigenvalue weighted by Crippen LogP contribution is -2.59. The lowest BCUT2D eigenvalue weighted by Gasteiger charge is -2.59. The Labute approximate surface area is 261 Å². The number of allylic oxidation sites excluding steroid dienone is 5. The van der Waals surface area contributed by atoms with Crippen molar-refractivity contribution < 1.29 is 38.9 Å². The Hall–Kier alpha value is -3.98. The normalized spacial score (nSPS) is 35.0. The molecule has 1 heterocycles. The zero-order chi connectivity index (χ0) is 32.6. The fraction of sp³-hybridized carbons (Fsp3) is 0.500. The second kappa shape index (κ2) is 10.5. The lowest BCUT2D eigenvalue weighted by atomic mass is 9.44. The summed E-state index contributed by atoms with van der Waals surface area (Å²) >= 11 is 0. The molecule has 0 saturated heterocycles. The van der Waals surface area contributed by atoms with Gasteiger partial charge in [-0.3, -0.25) is 19.2 Å². The van der Waals surface area contributed by atoms with Crippen molar-refractivity contribution >= 4 is 28.3 Å². The van der Waals surface area contributed by atoms with Crippen LogP contribution >= 0.6 is 0 Å². The summed E-state index contributed by atoms with van der Waals surface area (Å²) in [6.45, 7) is 10.3. The van der Waals surface area contributed by atoms with Gasteiger partial charge in [-0.2, -0.15) is 0 Å². The Morgan fingerprint density at radius 2 is 1.80 bits per heavy atom. The third-order valence-corrected chi connectivity index (χ3v) is 11.9. The van der Waals surface area contributed by atoms with Gasteiger partial charge in [0.05, 0.1) is 7.11 Å². The molecule has 2 fully saturated rings. The minimum Gasteiger partial charge on any atom is -0.508 e. The lowest BCUT2D eigenvalue weighted by molar-refractivity contribution is -0.141. The fourth-order valence-corrected chi connectivity index (χ4v) is 9.49. The molecule has 7 atom stereocenters. The van der Waals surface area contributed by atoms with Gasteiger partial charge in [-0.1, -0.05) is 38.5 Å². The van der Waals surface area contributed by atoms with E-state index in [0.717, 1.165) is 30.9 Å². The van der Waals surface area contributed by atoms with Crippen molar-refractivity contribution in [3.05, 3.63) is 69.8 Å². The Kier molecular flexibility index (Phi) is 7.27. The van der Waals surface area contributed by atoms with Crippen LogP contribution in [0.3, 0.4) is 0 Å². The quantitative estimate of drug-likeness (QED) is 0.310. The van der Waals surface area contributed by atoms with Crippen LogP contribution in [-0.2, 0) is 24.5 Å². The zero-order valence-corrected chi connectivity index (χ0v) is 26.1. The standard InChI is InChI=1S/C36H40O9/c1-18-7-8-21-33(43)28(44-5)16-30(42)36(21,31-15-26(41)32-25(40)11-20(38)12-27(32)45-31)22(18)13-23-19(2)24(39)14-29-34(3,17-37)9-6-10-35(23,29)4/h7,11-12,15-16,21-23,29,37-38,40H,2,6,8-10,13-14,17H2,1,3-5H3/t21-,22+,23-,29-,34-,35+,36-/m0/s1. The van der Waals surface area contributed by atoms with E-state index in [0.29, 0.717) is 12.0 Å². The monoisotopic (exact) mass is 616 g/mol. The number of hydrogen-bond acceptors (Lipinski definition) is 9. The number of carbonyl (C=O) groups excluding carboxylic acids is 3. The highest BCUT2D eigenvalue weighted by atomic mass is 16.5. The Balaban J connectivity index is 1.59. The number of Topliss-reactive ketones (excluding diaryl/α,β-unsaturated/α-hetero) is 2. The molecule has 0 bridgehead atoms. The summed E-state index contributed by atoms with van der Waals surface area (Å²) < 4.78 is 11.6. The first-order valence-electron chi connectivity index (χ1n) is 15.6. The van der Waals surface area contributed by atoms with Crippen LogP contribution < -0.4 is 5.43 Å². The van der Waals surface area contributed by atoms with Crippen molar-refractivity contribution in [2.75, 3.05) is 13.7 Å². The Morgan fingerprint density at radius 3 is 2.49 bits per heavy atom. The van der Waals surface area contributed by atoms with E-state index in [-0.39, 0.29) is 65.3 Å². The smallest absolute Gasteiger partial charge is 0.202 e. The number of ketones is 3. The van der Waals surface area contributed by atoms with Gasteiger partial charge in [0.25, 0.3) is 0 Å². The Bertz CT molecular complexity index is 1780. The van der Waals surface area contributed by atoms with Crippen LogP contribution in [-0.4, -0.2) is 46.4 Å². The van der Waals surface area contributed by atoms with Gasteiger partial charge in [-0.25, -0.2) is 0 Å². The summed E-state index contributed by atoms with van der Waals surface area (Å²) in [6, 6.07) is 3.40. The third-order valence-electron chi connectivity index (χ3n) is 11.9. The number of phenols is 2. The summed E-state index contributed by atoms with van der Waals surface area (Å²) in [5, 5.41) is 31.0. The summed E-state index contributed by atoms with van der Waals surface area (Å²) in [7, 11) is 1.33. The van der Waals surface area contributed by atoms with E-state index in [2.05, 4.69) is 13.5 Å². The molecule has 9 heteroatoms. The van der Waals surface area contributed by atoms with E-state index in [1.807, 2.05) is 19.9 Å². The third kappa shape index (κ3) is 4.30. The number of aromatic hydroxyl groups is 2. The van der Waals surface area contributed by atoms with Crippen LogP contribution in [0.1, 0.15) is 65.1 Å². The first kappa shape index (κ1) is 31.0. The van der Waals surface area contributed by atoms with Crippen molar-refractivity contribution in [1.29, 1.82) is 0 Å². The van der Waals surface area contributed by atoms with Gasteiger partial charge in [-0.15, -0.1) is 0 Å². The molecule has 9 nitrogen and oxygen atoms in total. The number of methoxy groups -OCH3 is 1. The highest BCUT2D eigenvalue weighted by Gasteiger charge is 2.63. The summed E-state index contributed by atoms with van der Waals surface area (Å²) in [5.41, 5.74) is -2.01. The largest absolute Gasteiger partial charge is 0.508 e. The maximum Gasteiger partial charge on any atom is 0.202 e. The van der Waals surface area contributed by atoms with Gasteiger partial charge < -0.3 is 24.5 Å². The first-order chi connectivity index (χ1) is 21.2. The zero-order valence-electron chi connectivity index (χ0n) is 26.1. The SMILES string of the molecule is C=C1C(=O)C[C@H]2[C@](C)(CO)CCC[C@]2(C)[C@H]1C[C@@H]1C(C)=CC[C@H]2C(=O)C(OC)=CC(=O)[C@@]12c1cc(=O)c2c(O)cc(O)cc2o1. The molecule has 2 aromatic rings. The van der Waals surface area contributed by atoms with Crippen LogP contribution in [0, 0.1) is 34.5 Å². The molecule has 1 aromatic heterocycles. The summed E-state index contributed by atoms with van der Waals surface area (Å²) in [4.78, 5) is 55.7. The van der Waals surface area contributed by atoms with Crippen molar-refractivity contribution in [3.63, 3.8) is 0 Å². The average molecular weight is 617 g/mol. The number of phenolic OH excluding ortho intramolecular Hbond substituents is 2. The molecule has 4 aliphatic carbocycles. The highest BCUT2D eigenvalue weighted by Crippen LogP contribution is 2.63. The summed E-state index contributed by atoms with van der Waals surface area (Å²) in [6.07, 6.45) is 6.32. The van der Waals surface area contributed by atoms with E-state index < -0.39 is 50.8 Å². The average Bonchev–Trinajstić information content (AvgIpc) is 2.98. The topological polar surface area (TPSA) is 151 Å². The van der Waals surface area contributed by atoms with Crippen LogP contribution in [0.15, 0.2) is 63.0 Å². The van der Waals surface area contributed by atoms with Gasteiger partial charge in [-0.05, 0) is 60.8 Å². The van der Waals surface area contributed by atoms with Crippen LogP contribution in [0.5, 0.6) is 11.5 Å². The van der Waals surface area contributed by atoms with Gasteiger partial charge in [0, 0.05) is 49.1 Å². The van der Waals surface area contributed by atoms with E-state index >= 15 is 0 Å². The van der Waals surface area contributed by atoms with E-state index in [4.69, 9.17) is 9.15 Å². The predicted molar refractivity (Wildman–Crippen MR) is 165 cm³/mol. The summed E-state index contributed by atoms with van der Waals surface area (Å²) in [5.74, 6) is -4.01. The molecule has 45 heavy (non-hydrogen) atoms. The minimum absolute atomic E-state index is 0.0458. The van der Waals surface area contributed by atoms with Crippen LogP contribution in [0.4, 0.5) is 0 Å². The second-order valence-electron chi connectivity index (χ2n) is 14.1. The van der Waals surface area contributed by atoms with E-state index in [1.165, 1.54) is 25.3 Å². The molecule has 0 aliphatic heterocycles. The maximum absolute atomic E-state index is 14.6. The molecular formula is C36H40O9. The predicted octanol–water partition coefficient (Wildman–Crippen LogP) is 5.05. The molecule has 3 N–H and O–H groups in total. The molecule has 0 spiro atoms. The van der Waals surface area contributed by atoms with Gasteiger partial charge >= 0.3 is 0 Å². The molecule has 6 rings (SSSR count). The van der Waals surface area contributed by atoms with Gasteiger partial charge in [0.15, 0.2) is 22.8 Å². The number of ether oxygens (including phenoxy) is 1. The minimum atomic E-state index is -1.67. The van der Waals surface area contributed by atoms with Crippen LogP contribution in [0.2, 0.25) is 0 Å². The van der Waals surface area contributed by atoms with Crippen molar-refractivity contribution in [2.24, 2.45) is 34.5 Å². The molecule has 1 aromatic carbocycles. The molecule has 0 amide bonds. The van der Waals surface area contributed by atoms with Crippen LogP contribution in [0.25, 0.3) is 11.0 Å². The number of hydrogen-bond donors (Lipinski definition) is 3. The molecular weight excluding hydrogens is 576 g/mol. The maximum atomic E-state index is 14.6. The molecule has 2 saturated carbocycles. The Morgan fingerprint density at radius 1 is 1.07 bits per heavy atom. The molecule has 0 radical (unpaired) electrons. The first-order valence-corrected chi connectivity index (χ1v) is 15.6. The number of rotatable bonds is 5. The molecule has 238 valence electrons. The second-order valence-corrected chi connectivity index (χ2v) is 14.1. The fourth-order valence-electron chi connectivity index (χ4n) is 9.49. The number of fused-ring (bicyclic) bond motifs is 3. The van der Waals surface area contributed by atoms with Gasteiger partial charge in [0.1, 0.15) is 33.6 Å². The number of aliphatic hydroxyl groups is 1. The number of carbonyl (C=O) groups is 3.